The number of rotatable bonds is 6. The van der Waals surface area contributed by atoms with Crippen molar-refractivity contribution >= 4 is 12.1 Å². The second-order valence-electron chi connectivity index (χ2n) is 6.23. The van der Waals surface area contributed by atoms with Crippen LogP contribution in [-0.2, 0) is 12.8 Å². The fourth-order valence-electron chi connectivity index (χ4n) is 2.49. The number of halogens is 4. The molecule has 0 aliphatic carbocycles. The minimum absolute atomic E-state index is 0.0765. The first-order valence-electron chi connectivity index (χ1n) is 8.80. The van der Waals surface area contributed by atoms with Crippen molar-refractivity contribution in [2.75, 3.05) is 0 Å². The van der Waals surface area contributed by atoms with Crippen LogP contribution < -0.4 is 10.2 Å². The maximum atomic E-state index is 13.6. The number of hydrogen-bond acceptors (Lipinski definition) is 3. The highest BCUT2D eigenvalue weighted by Crippen LogP contribution is 2.29. The predicted octanol–water partition coefficient (Wildman–Crippen LogP) is 5.19. The summed E-state index contributed by atoms with van der Waals surface area (Å²) in [5.41, 5.74) is 2.17. The summed E-state index contributed by atoms with van der Waals surface area (Å²) in [4.78, 5) is 12.0. The van der Waals surface area contributed by atoms with Gasteiger partial charge in [-0.3, -0.25) is 4.79 Å². The van der Waals surface area contributed by atoms with Crippen molar-refractivity contribution in [2.45, 2.75) is 12.8 Å². The molecule has 1 amide bonds. The van der Waals surface area contributed by atoms with Crippen LogP contribution in [0.15, 0.2) is 77.9 Å². The third kappa shape index (κ3) is 5.66. The number of benzene rings is 3. The standard InChI is InChI=1S/C22H16F4N2O2/c23-20-7-2-1-4-17(20)14-30-19-10-8-15(9-11-19)13-27-28-21(29)16-5-3-6-18(12-16)22(24,25)26/h1-13H,14H2,(H,28,29)/b27-13+. The third-order valence-electron chi connectivity index (χ3n) is 4.06. The van der Waals surface area contributed by atoms with Crippen molar-refractivity contribution in [3.05, 3.63) is 101 Å². The van der Waals surface area contributed by atoms with E-state index >= 15 is 0 Å². The molecule has 0 bridgehead atoms. The van der Waals surface area contributed by atoms with Crippen LogP contribution in [-0.4, -0.2) is 12.1 Å². The van der Waals surface area contributed by atoms with E-state index in [-0.39, 0.29) is 18.0 Å². The maximum absolute atomic E-state index is 13.6. The first-order chi connectivity index (χ1) is 14.3. The summed E-state index contributed by atoms with van der Waals surface area (Å²) in [5.74, 6) is -0.594. The predicted molar refractivity (Wildman–Crippen MR) is 104 cm³/mol. The molecule has 154 valence electrons. The summed E-state index contributed by atoms with van der Waals surface area (Å²) in [7, 11) is 0. The van der Waals surface area contributed by atoms with E-state index in [2.05, 4.69) is 10.5 Å². The Hall–Kier alpha value is -3.68. The van der Waals surface area contributed by atoms with E-state index < -0.39 is 17.6 Å². The molecule has 0 aliphatic rings. The van der Waals surface area contributed by atoms with Gasteiger partial charge in [-0.25, -0.2) is 9.82 Å². The van der Waals surface area contributed by atoms with Gasteiger partial charge in [-0.15, -0.1) is 0 Å². The summed E-state index contributed by atoms with van der Waals surface area (Å²) >= 11 is 0. The van der Waals surface area contributed by atoms with Crippen LogP contribution in [0.1, 0.15) is 27.0 Å². The second kappa shape index (κ2) is 9.21. The molecule has 0 spiro atoms. The molecule has 0 heterocycles. The molecule has 3 aromatic rings. The molecule has 0 aliphatic heterocycles. The van der Waals surface area contributed by atoms with Crippen LogP contribution in [0.4, 0.5) is 17.6 Å². The lowest BCUT2D eigenvalue weighted by molar-refractivity contribution is -0.137. The maximum Gasteiger partial charge on any atom is 0.416 e. The number of carbonyl (C=O) groups excluding carboxylic acids is 1. The smallest absolute Gasteiger partial charge is 0.416 e. The number of ether oxygens (including phenoxy) is 1. The van der Waals surface area contributed by atoms with Crippen molar-refractivity contribution in [1.29, 1.82) is 0 Å². The Balaban J connectivity index is 1.55. The lowest BCUT2D eigenvalue weighted by Crippen LogP contribution is -2.18. The Bertz CT molecular complexity index is 1050. The van der Waals surface area contributed by atoms with Gasteiger partial charge in [-0.05, 0) is 54.1 Å². The summed E-state index contributed by atoms with van der Waals surface area (Å²) in [6.07, 6.45) is -3.19. The number of carbonyl (C=O) groups is 1. The molecule has 8 heteroatoms. The van der Waals surface area contributed by atoms with Gasteiger partial charge in [0.1, 0.15) is 18.2 Å². The molecule has 0 atom stereocenters. The van der Waals surface area contributed by atoms with Gasteiger partial charge in [0, 0.05) is 11.1 Å². The topological polar surface area (TPSA) is 50.7 Å². The molecule has 3 rings (SSSR count). The zero-order valence-electron chi connectivity index (χ0n) is 15.5. The fraction of sp³-hybridized carbons (Fsp3) is 0.0909. The number of amides is 1. The summed E-state index contributed by atoms with van der Waals surface area (Å²) in [6.45, 7) is 0.0765. The van der Waals surface area contributed by atoms with Gasteiger partial charge in [0.25, 0.3) is 5.91 Å². The van der Waals surface area contributed by atoms with Gasteiger partial charge in [-0.1, -0.05) is 24.3 Å². The molecule has 30 heavy (non-hydrogen) atoms. The van der Waals surface area contributed by atoms with Gasteiger partial charge < -0.3 is 4.74 Å². The molecule has 4 nitrogen and oxygen atoms in total. The third-order valence-corrected chi connectivity index (χ3v) is 4.06. The second-order valence-corrected chi connectivity index (χ2v) is 6.23. The van der Waals surface area contributed by atoms with Crippen molar-refractivity contribution in [3.8, 4) is 5.75 Å². The minimum Gasteiger partial charge on any atom is -0.489 e. The summed E-state index contributed by atoms with van der Waals surface area (Å²) in [6, 6.07) is 17.0. The lowest BCUT2D eigenvalue weighted by Gasteiger charge is -2.08. The van der Waals surface area contributed by atoms with E-state index in [0.717, 1.165) is 18.2 Å². The average molecular weight is 416 g/mol. The molecule has 0 radical (unpaired) electrons. The van der Waals surface area contributed by atoms with Crippen LogP contribution in [0.5, 0.6) is 5.75 Å². The number of nitrogens with one attached hydrogen (secondary N) is 1. The van der Waals surface area contributed by atoms with Gasteiger partial charge in [-0.2, -0.15) is 18.3 Å². The van der Waals surface area contributed by atoms with Crippen molar-refractivity contribution in [1.82, 2.24) is 5.43 Å². The van der Waals surface area contributed by atoms with Gasteiger partial charge in [0.2, 0.25) is 0 Å². The molecule has 0 fully saturated rings. The molecule has 0 saturated heterocycles. The molecular weight excluding hydrogens is 400 g/mol. The Morgan fingerprint density at radius 3 is 2.43 bits per heavy atom. The number of hydrogen-bond donors (Lipinski definition) is 1. The first kappa shape index (κ1) is 21.0. The molecule has 0 aromatic heterocycles. The van der Waals surface area contributed by atoms with E-state index in [4.69, 9.17) is 4.74 Å². The summed E-state index contributed by atoms with van der Waals surface area (Å²) < 4.78 is 57.3. The number of alkyl halides is 3. The van der Waals surface area contributed by atoms with E-state index in [1.807, 2.05) is 0 Å². The first-order valence-corrected chi connectivity index (χ1v) is 8.80. The SMILES string of the molecule is O=C(N/N=C/c1ccc(OCc2ccccc2F)cc1)c1cccc(C(F)(F)F)c1. The van der Waals surface area contributed by atoms with Crippen LogP contribution >= 0.6 is 0 Å². The normalized spacial score (nSPS) is 11.5. The minimum atomic E-state index is -4.53. The fourth-order valence-corrected chi connectivity index (χ4v) is 2.49. The van der Waals surface area contributed by atoms with Crippen LogP contribution in [0.25, 0.3) is 0 Å². The Morgan fingerprint density at radius 2 is 1.73 bits per heavy atom. The quantitative estimate of drug-likeness (QED) is 0.342. The monoisotopic (exact) mass is 416 g/mol. The van der Waals surface area contributed by atoms with E-state index in [1.54, 1.807) is 42.5 Å². The lowest BCUT2D eigenvalue weighted by atomic mass is 10.1. The molecule has 0 saturated carbocycles. The molecular formula is C22H16F4N2O2. The van der Waals surface area contributed by atoms with E-state index in [9.17, 15) is 22.4 Å². The number of hydrazone groups is 1. The largest absolute Gasteiger partial charge is 0.489 e. The Kier molecular flexibility index (Phi) is 6.46. The highest BCUT2D eigenvalue weighted by molar-refractivity contribution is 5.95. The van der Waals surface area contributed by atoms with Crippen molar-refractivity contribution < 1.29 is 27.1 Å². The molecule has 0 unspecified atom stereocenters. The average Bonchev–Trinajstić information content (AvgIpc) is 2.73. The highest BCUT2D eigenvalue weighted by atomic mass is 19.4. The highest BCUT2D eigenvalue weighted by Gasteiger charge is 2.30. The Morgan fingerprint density at radius 1 is 1.00 bits per heavy atom. The Labute approximate surface area is 169 Å². The van der Waals surface area contributed by atoms with Crippen LogP contribution in [0.2, 0.25) is 0 Å². The van der Waals surface area contributed by atoms with E-state index in [1.165, 1.54) is 18.3 Å². The van der Waals surface area contributed by atoms with Gasteiger partial charge in [0.05, 0.1) is 11.8 Å². The van der Waals surface area contributed by atoms with Crippen LogP contribution in [0, 0.1) is 5.82 Å². The van der Waals surface area contributed by atoms with Gasteiger partial charge in [0.15, 0.2) is 0 Å². The number of nitrogens with zero attached hydrogens (tertiary/aromatic N) is 1. The van der Waals surface area contributed by atoms with E-state index in [0.29, 0.717) is 16.9 Å². The molecule has 1 N–H and O–H groups in total. The van der Waals surface area contributed by atoms with Crippen molar-refractivity contribution in [2.24, 2.45) is 5.10 Å². The zero-order valence-corrected chi connectivity index (χ0v) is 15.5. The van der Waals surface area contributed by atoms with Crippen LogP contribution in [0.3, 0.4) is 0 Å². The summed E-state index contributed by atoms with van der Waals surface area (Å²) in [5, 5.41) is 3.75. The molecule has 3 aromatic carbocycles. The van der Waals surface area contributed by atoms with Crippen molar-refractivity contribution in [3.63, 3.8) is 0 Å². The van der Waals surface area contributed by atoms with Gasteiger partial charge >= 0.3 is 6.18 Å². The zero-order chi connectivity index (χ0) is 21.6.